The molecule has 0 aromatic carbocycles. The Bertz CT molecular complexity index is 420. The summed E-state index contributed by atoms with van der Waals surface area (Å²) in [6, 6.07) is 1.92. The summed E-state index contributed by atoms with van der Waals surface area (Å²) in [7, 11) is 0. The van der Waals surface area contributed by atoms with Crippen LogP contribution in [0.25, 0.3) is 0 Å². The van der Waals surface area contributed by atoms with Crippen LogP contribution in [0.2, 0.25) is 0 Å². The molecule has 0 saturated heterocycles. The Morgan fingerprint density at radius 1 is 1.38 bits per heavy atom. The lowest BCUT2D eigenvalue weighted by Gasteiger charge is -2.11. The summed E-state index contributed by atoms with van der Waals surface area (Å²) in [6.07, 6.45) is 11.0. The number of pyridine rings is 1. The number of nitrogens with zero attached hydrogens (tertiary/aromatic N) is 1. The van der Waals surface area contributed by atoms with Gasteiger partial charge in [-0.25, -0.2) is 0 Å². The zero-order valence-corrected chi connectivity index (χ0v) is 9.70. The summed E-state index contributed by atoms with van der Waals surface area (Å²) in [5.74, 6) is 0.198. The van der Waals surface area contributed by atoms with Crippen LogP contribution < -0.4 is 0 Å². The van der Waals surface area contributed by atoms with Gasteiger partial charge in [-0.05, 0) is 44.2 Å². The molecule has 0 fully saturated rings. The number of hydrogen-bond acceptors (Lipinski definition) is 2. The topological polar surface area (TPSA) is 30.0 Å². The van der Waals surface area contributed by atoms with Gasteiger partial charge in [0, 0.05) is 24.4 Å². The standard InChI is InChI=1S/C14H17NO/c1-11-7-13(10-15-9-11)14(16)8-12-5-3-2-4-6-12/h5,7,9-10H,2-4,6,8H2,1H3. The molecular weight excluding hydrogens is 198 g/mol. The number of ketones is 1. The summed E-state index contributed by atoms with van der Waals surface area (Å²) in [5.41, 5.74) is 3.09. The lowest BCUT2D eigenvalue weighted by molar-refractivity contribution is 0.0991. The number of aryl methyl sites for hydroxylation is 1. The van der Waals surface area contributed by atoms with Gasteiger partial charge < -0.3 is 0 Å². The average Bonchev–Trinajstić information content (AvgIpc) is 2.30. The van der Waals surface area contributed by atoms with Gasteiger partial charge in [0.1, 0.15) is 0 Å². The van der Waals surface area contributed by atoms with Crippen molar-refractivity contribution < 1.29 is 4.79 Å². The number of rotatable bonds is 3. The molecule has 0 radical (unpaired) electrons. The van der Waals surface area contributed by atoms with E-state index in [1.54, 1.807) is 12.4 Å². The molecule has 1 aliphatic rings. The van der Waals surface area contributed by atoms with Gasteiger partial charge in [0.2, 0.25) is 0 Å². The summed E-state index contributed by atoms with van der Waals surface area (Å²) < 4.78 is 0. The molecule has 84 valence electrons. The van der Waals surface area contributed by atoms with Gasteiger partial charge in [-0.3, -0.25) is 9.78 Å². The van der Waals surface area contributed by atoms with Crippen LogP contribution in [0.15, 0.2) is 30.1 Å². The summed E-state index contributed by atoms with van der Waals surface area (Å²) in [6.45, 7) is 1.96. The van der Waals surface area contributed by atoms with Crippen molar-refractivity contribution in [2.24, 2.45) is 0 Å². The molecule has 0 spiro atoms. The number of Topliss-reactive ketones (excluding diaryl/α,β-unsaturated/α-hetero) is 1. The Labute approximate surface area is 96.4 Å². The first kappa shape index (κ1) is 11.1. The summed E-state index contributed by atoms with van der Waals surface area (Å²) in [4.78, 5) is 16.0. The fraction of sp³-hybridized carbons (Fsp3) is 0.429. The van der Waals surface area contributed by atoms with Crippen molar-refractivity contribution in [3.63, 3.8) is 0 Å². The summed E-state index contributed by atoms with van der Waals surface area (Å²) in [5, 5.41) is 0. The largest absolute Gasteiger partial charge is 0.294 e. The maximum absolute atomic E-state index is 12.0. The maximum Gasteiger partial charge on any atom is 0.168 e. The molecular formula is C14H17NO. The van der Waals surface area contributed by atoms with Gasteiger partial charge in [-0.1, -0.05) is 11.6 Å². The highest BCUT2D eigenvalue weighted by atomic mass is 16.1. The molecule has 0 unspecified atom stereocenters. The van der Waals surface area contributed by atoms with Crippen LogP contribution in [0.3, 0.4) is 0 Å². The van der Waals surface area contributed by atoms with E-state index in [-0.39, 0.29) is 5.78 Å². The van der Waals surface area contributed by atoms with Crippen LogP contribution in [0.4, 0.5) is 0 Å². The minimum atomic E-state index is 0.198. The molecule has 2 heteroatoms. The molecule has 0 aliphatic heterocycles. The predicted octanol–water partition coefficient (Wildman–Crippen LogP) is 3.46. The second kappa shape index (κ2) is 5.06. The fourth-order valence-corrected chi connectivity index (χ4v) is 2.08. The van der Waals surface area contributed by atoms with Crippen LogP contribution in [0.5, 0.6) is 0 Å². The van der Waals surface area contributed by atoms with Gasteiger partial charge in [0.05, 0.1) is 0 Å². The van der Waals surface area contributed by atoms with Crippen molar-refractivity contribution in [3.8, 4) is 0 Å². The molecule has 0 saturated carbocycles. The number of carbonyl (C=O) groups excluding carboxylic acids is 1. The highest BCUT2D eigenvalue weighted by Gasteiger charge is 2.11. The Morgan fingerprint density at radius 2 is 2.25 bits per heavy atom. The normalized spacial score (nSPS) is 15.7. The van der Waals surface area contributed by atoms with E-state index in [1.807, 2.05) is 13.0 Å². The number of allylic oxidation sites excluding steroid dienone is 2. The summed E-state index contributed by atoms with van der Waals surface area (Å²) >= 11 is 0. The van der Waals surface area contributed by atoms with Crippen molar-refractivity contribution in [1.29, 1.82) is 0 Å². The van der Waals surface area contributed by atoms with Crippen LogP contribution in [0.1, 0.15) is 48.0 Å². The number of hydrogen-bond donors (Lipinski definition) is 0. The lowest BCUT2D eigenvalue weighted by atomic mass is 9.94. The molecule has 0 N–H and O–H groups in total. The Hall–Kier alpha value is -1.44. The fourth-order valence-electron chi connectivity index (χ4n) is 2.08. The Morgan fingerprint density at radius 3 is 2.94 bits per heavy atom. The monoisotopic (exact) mass is 215 g/mol. The first-order valence-corrected chi connectivity index (χ1v) is 5.88. The third kappa shape index (κ3) is 2.78. The van der Waals surface area contributed by atoms with Crippen LogP contribution >= 0.6 is 0 Å². The molecule has 16 heavy (non-hydrogen) atoms. The molecule has 0 amide bonds. The van der Waals surface area contributed by atoms with E-state index in [9.17, 15) is 4.79 Å². The average molecular weight is 215 g/mol. The lowest BCUT2D eigenvalue weighted by Crippen LogP contribution is -2.04. The van der Waals surface area contributed by atoms with E-state index < -0.39 is 0 Å². The van der Waals surface area contributed by atoms with Crippen molar-refractivity contribution >= 4 is 5.78 Å². The smallest absolute Gasteiger partial charge is 0.168 e. The van der Waals surface area contributed by atoms with E-state index in [1.165, 1.54) is 18.4 Å². The molecule has 0 bridgehead atoms. The third-order valence-electron chi connectivity index (χ3n) is 2.97. The zero-order chi connectivity index (χ0) is 11.4. The van der Waals surface area contributed by atoms with Crippen molar-refractivity contribution in [2.75, 3.05) is 0 Å². The van der Waals surface area contributed by atoms with E-state index in [4.69, 9.17) is 0 Å². The second-order valence-corrected chi connectivity index (χ2v) is 4.46. The molecule has 1 aromatic heterocycles. The highest BCUT2D eigenvalue weighted by molar-refractivity contribution is 5.97. The third-order valence-corrected chi connectivity index (χ3v) is 2.97. The van der Waals surface area contributed by atoms with Crippen molar-refractivity contribution in [3.05, 3.63) is 41.2 Å². The van der Waals surface area contributed by atoms with Gasteiger partial charge >= 0.3 is 0 Å². The minimum absolute atomic E-state index is 0.198. The number of carbonyl (C=O) groups is 1. The van der Waals surface area contributed by atoms with Gasteiger partial charge in [-0.15, -0.1) is 0 Å². The molecule has 0 atom stereocenters. The second-order valence-electron chi connectivity index (χ2n) is 4.46. The minimum Gasteiger partial charge on any atom is -0.294 e. The van der Waals surface area contributed by atoms with Crippen molar-refractivity contribution in [1.82, 2.24) is 4.98 Å². The van der Waals surface area contributed by atoms with Crippen molar-refractivity contribution in [2.45, 2.75) is 39.0 Å². The first-order chi connectivity index (χ1) is 7.75. The van der Waals surface area contributed by atoms with E-state index in [2.05, 4.69) is 11.1 Å². The van der Waals surface area contributed by atoms with E-state index >= 15 is 0 Å². The number of aromatic nitrogens is 1. The zero-order valence-electron chi connectivity index (χ0n) is 9.70. The molecule has 2 rings (SSSR count). The highest BCUT2D eigenvalue weighted by Crippen LogP contribution is 2.21. The van der Waals surface area contributed by atoms with E-state index in [0.717, 1.165) is 24.0 Å². The molecule has 1 aromatic rings. The maximum atomic E-state index is 12.0. The van der Waals surface area contributed by atoms with Gasteiger partial charge in [-0.2, -0.15) is 0 Å². The molecule has 1 aliphatic carbocycles. The Kier molecular flexibility index (Phi) is 3.50. The quantitative estimate of drug-likeness (QED) is 0.571. The predicted molar refractivity (Wildman–Crippen MR) is 64.5 cm³/mol. The van der Waals surface area contributed by atoms with E-state index in [0.29, 0.717) is 6.42 Å². The Balaban J connectivity index is 2.05. The molecule has 2 nitrogen and oxygen atoms in total. The first-order valence-electron chi connectivity index (χ1n) is 5.88. The van der Waals surface area contributed by atoms with Gasteiger partial charge in [0.15, 0.2) is 5.78 Å². The van der Waals surface area contributed by atoms with Gasteiger partial charge in [0.25, 0.3) is 0 Å². The van der Waals surface area contributed by atoms with Crippen LogP contribution in [-0.2, 0) is 0 Å². The van der Waals surface area contributed by atoms with Crippen LogP contribution in [0, 0.1) is 6.92 Å². The van der Waals surface area contributed by atoms with Crippen LogP contribution in [-0.4, -0.2) is 10.8 Å². The SMILES string of the molecule is Cc1cncc(C(=O)CC2=CCCCC2)c1. The molecule has 1 heterocycles.